The van der Waals surface area contributed by atoms with Gasteiger partial charge in [-0.25, -0.2) is 15.0 Å². The number of imidazole rings is 1. The Bertz CT molecular complexity index is 1580. The van der Waals surface area contributed by atoms with Gasteiger partial charge in [0.15, 0.2) is 10.8 Å². The Balaban J connectivity index is 1.35. The summed E-state index contributed by atoms with van der Waals surface area (Å²) in [6.07, 6.45) is 3.19. The van der Waals surface area contributed by atoms with E-state index in [9.17, 15) is 0 Å². The molecule has 1 aliphatic rings. The number of fused-ring (bicyclic) bond motifs is 1. The third-order valence-electron chi connectivity index (χ3n) is 8.06. The summed E-state index contributed by atoms with van der Waals surface area (Å²) >= 11 is 8.26. The first-order chi connectivity index (χ1) is 20.4. The Morgan fingerprint density at radius 3 is 2.12 bits per heavy atom. The van der Waals surface area contributed by atoms with E-state index >= 15 is 0 Å². The molecule has 6 rings (SSSR count). The van der Waals surface area contributed by atoms with Crippen LogP contribution in [0.15, 0.2) is 104 Å². The van der Waals surface area contributed by atoms with E-state index in [1.165, 1.54) is 16.7 Å². The predicted molar refractivity (Wildman–Crippen MR) is 174 cm³/mol. The lowest BCUT2D eigenvalue weighted by molar-refractivity contribution is 0.00864. The summed E-state index contributed by atoms with van der Waals surface area (Å²) in [6, 6.07) is 31.9. The number of halogens is 1. The Labute approximate surface area is 257 Å². The fourth-order valence-corrected chi connectivity index (χ4v) is 12.4. The molecule has 216 valence electrons. The highest BCUT2D eigenvalue weighted by Gasteiger charge is 2.51. The van der Waals surface area contributed by atoms with Gasteiger partial charge in [0, 0.05) is 12.4 Å². The van der Waals surface area contributed by atoms with Gasteiger partial charge in [-0.05, 0) is 21.0 Å². The summed E-state index contributed by atoms with van der Waals surface area (Å²) in [5.74, 6) is 0.849. The number of ether oxygens (including phenoxy) is 1. The zero-order chi connectivity index (χ0) is 29.2. The third-order valence-corrected chi connectivity index (χ3v) is 14.7. The standard InChI is InChI=1S/C33H35ClN4O2SSi/c1-33(2,3)42(25-15-9-5-10-16-25,26-17-11-6-12-18-26)40-20-28-30(39-19-24-13-7-4-8-14-24)27(21-41-28)38-23-37-29-31(34)35-22-36-32(29)38/h4-18,22-23,27-28,30H,19-21H2,1-3H3/t27-,28+,30-/m0/s1. The van der Waals surface area contributed by atoms with Crippen LogP contribution in [-0.4, -0.2) is 51.6 Å². The molecule has 0 N–H and O–H groups in total. The van der Waals surface area contributed by atoms with E-state index in [-0.39, 0.29) is 22.4 Å². The summed E-state index contributed by atoms with van der Waals surface area (Å²) in [6.45, 7) is 8.02. The van der Waals surface area contributed by atoms with E-state index in [0.29, 0.717) is 23.9 Å². The minimum absolute atomic E-state index is 0.0161. The molecule has 1 saturated heterocycles. The monoisotopic (exact) mass is 614 g/mol. The Hall–Kier alpha value is -3.01. The van der Waals surface area contributed by atoms with Crippen molar-refractivity contribution in [3.8, 4) is 0 Å². The maximum Gasteiger partial charge on any atom is 0.261 e. The summed E-state index contributed by atoms with van der Waals surface area (Å²) in [5, 5.41) is 2.91. The Morgan fingerprint density at radius 1 is 0.881 bits per heavy atom. The largest absolute Gasteiger partial charge is 0.406 e. The molecule has 1 fully saturated rings. The quantitative estimate of drug-likeness (QED) is 0.143. The van der Waals surface area contributed by atoms with Gasteiger partial charge >= 0.3 is 0 Å². The van der Waals surface area contributed by atoms with Gasteiger partial charge in [0.25, 0.3) is 8.32 Å². The normalized spacial score (nSPS) is 19.4. The Morgan fingerprint density at radius 2 is 1.50 bits per heavy atom. The zero-order valence-corrected chi connectivity index (χ0v) is 26.6. The maximum atomic E-state index is 7.37. The SMILES string of the molecule is CC(C)(C)[Si](OC[C@H]1SC[C@H](n2cnc3c(Cl)ncnc32)[C@@H]1OCc1ccccc1)(c1ccccc1)c1ccccc1. The molecule has 5 aromatic rings. The van der Waals surface area contributed by atoms with E-state index in [1.54, 1.807) is 0 Å². The van der Waals surface area contributed by atoms with Crippen molar-refractivity contribution in [1.82, 2.24) is 19.5 Å². The highest BCUT2D eigenvalue weighted by molar-refractivity contribution is 8.00. The molecular weight excluding hydrogens is 580 g/mol. The molecule has 0 bridgehead atoms. The lowest BCUT2D eigenvalue weighted by Crippen LogP contribution is -2.67. The topological polar surface area (TPSA) is 62.1 Å². The summed E-state index contributed by atoms with van der Waals surface area (Å²) in [7, 11) is -2.70. The molecule has 9 heteroatoms. The van der Waals surface area contributed by atoms with Crippen LogP contribution in [0.2, 0.25) is 10.2 Å². The van der Waals surface area contributed by atoms with Crippen molar-refractivity contribution in [3.05, 3.63) is 114 Å². The second-order valence-electron chi connectivity index (χ2n) is 11.7. The lowest BCUT2D eigenvalue weighted by Gasteiger charge is -2.43. The van der Waals surface area contributed by atoms with Crippen LogP contribution in [0.5, 0.6) is 0 Å². The summed E-state index contributed by atoms with van der Waals surface area (Å²) in [4.78, 5) is 13.2. The molecule has 0 saturated carbocycles. The minimum atomic E-state index is -2.70. The molecule has 0 aliphatic carbocycles. The number of nitrogens with zero attached hydrogens (tertiary/aromatic N) is 4. The molecule has 0 radical (unpaired) electrons. The third kappa shape index (κ3) is 5.54. The molecule has 3 atom stereocenters. The molecule has 6 nitrogen and oxygen atoms in total. The van der Waals surface area contributed by atoms with Gasteiger partial charge in [0.05, 0.1) is 30.3 Å². The van der Waals surface area contributed by atoms with Gasteiger partial charge in [-0.3, -0.25) is 0 Å². The van der Waals surface area contributed by atoms with E-state index in [4.69, 9.17) is 20.8 Å². The van der Waals surface area contributed by atoms with Crippen LogP contribution < -0.4 is 10.4 Å². The molecule has 2 aromatic heterocycles. The van der Waals surface area contributed by atoms with Gasteiger partial charge in [-0.2, -0.15) is 11.8 Å². The number of rotatable bonds is 9. The first-order valence-corrected chi connectivity index (χ1v) is 17.6. The van der Waals surface area contributed by atoms with Crippen molar-refractivity contribution in [2.45, 2.75) is 49.8 Å². The van der Waals surface area contributed by atoms with E-state index in [2.05, 4.69) is 113 Å². The average Bonchev–Trinajstić information content (AvgIpc) is 3.62. The van der Waals surface area contributed by atoms with E-state index in [0.717, 1.165) is 17.0 Å². The van der Waals surface area contributed by atoms with Crippen LogP contribution >= 0.6 is 23.4 Å². The minimum Gasteiger partial charge on any atom is -0.406 e. The van der Waals surface area contributed by atoms with Crippen LogP contribution in [0, 0.1) is 0 Å². The van der Waals surface area contributed by atoms with Gasteiger partial charge < -0.3 is 13.7 Å². The predicted octanol–water partition coefficient (Wildman–Crippen LogP) is 6.30. The molecule has 1 aliphatic heterocycles. The fourth-order valence-electron chi connectivity index (χ4n) is 6.06. The van der Waals surface area contributed by atoms with Crippen molar-refractivity contribution >= 4 is 53.2 Å². The van der Waals surface area contributed by atoms with E-state index < -0.39 is 8.32 Å². The van der Waals surface area contributed by atoms with Crippen LogP contribution in [0.4, 0.5) is 0 Å². The average molecular weight is 615 g/mol. The number of hydrogen-bond donors (Lipinski definition) is 0. The van der Waals surface area contributed by atoms with Crippen molar-refractivity contribution in [2.24, 2.45) is 0 Å². The van der Waals surface area contributed by atoms with E-state index in [1.807, 2.05) is 36.3 Å². The summed E-state index contributed by atoms with van der Waals surface area (Å²) < 4.78 is 16.2. The smallest absolute Gasteiger partial charge is 0.261 e. The summed E-state index contributed by atoms with van der Waals surface area (Å²) in [5.41, 5.74) is 2.47. The number of thioether (sulfide) groups is 1. The zero-order valence-electron chi connectivity index (χ0n) is 24.1. The molecule has 0 unspecified atom stereocenters. The lowest BCUT2D eigenvalue weighted by atomic mass is 10.1. The first-order valence-electron chi connectivity index (χ1n) is 14.2. The van der Waals surface area contributed by atoms with Gasteiger partial charge in [-0.1, -0.05) is 123 Å². The highest BCUT2D eigenvalue weighted by atomic mass is 35.5. The Kier molecular flexibility index (Phi) is 8.52. The van der Waals surface area contributed by atoms with Crippen molar-refractivity contribution in [2.75, 3.05) is 12.4 Å². The molecule has 0 spiro atoms. The van der Waals surface area contributed by atoms with Crippen LogP contribution in [-0.2, 0) is 15.8 Å². The molecule has 0 amide bonds. The second kappa shape index (κ2) is 12.3. The maximum absolute atomic E-state index is 7.37. The van der Waals surface area contributed by atoms with Crippen LogP contribution in [0.1, 0.15) is 32.4 Å². The second-order valence-corrected chi connectivity index (χ2v) is 17.6. The molecular formula is C33H35ClN4O2SSi. The number of hydrogen-bond acceptors (Lipinski definition) is 6. The van der Waals surface area contributed by atoms with Crippen LogP contribution in [0.25, 0.3) is 11.2 Å². The van der Waals surface area contributed by atoms with Crippen LogP contribution in [0.3, 0.4) is 0 Å². The fraction of sp³-hybridized carbons (Fsp3) is 0.303. The molecule has 3 aromatic carbocycles. The number of benzene rings is 3. The highest BCUT2D eigenvalue weighted by Crippen LogP contribution is 2.42. The van der Waals surface area contributed by atoms with Crippen molar-refractivity contribution in [1.29, 1.82) is 0 Å². The van der Waals surface area contributed by atoms with Gasteiger partial charge in [0.1, 0.15) is 11.8 Å². The van der Waals surface area contributed by atoms with Gasteiger partial charge in [-0.15, -0.1) is 0 Å². The molecule has 42 heavy (non-hydrogen) atoms. The number of aromatic nitrogens is 4. The van der Waals surface area contributed by atoms with Gasteiger partial charge in [0.2, 0.25) is 0 Å². The molecule has 3 heterocycles. The van der Waals surface area contributed by atoms with Crippen molar-refractivity contribution < 1.29 is 9.16 Å². The first kappa shape index (κ1) is 29.1. The van der Waals surface area contributed by atoms with Crippen molar-refractivity contribution in [3.63, 3.8) is 0 Å².